The largest absolute Gasteiger partial charge is 0.450 e. The molecule has 0 spiro atoms. The fourth-order valence-corrected chi connectivity index (χ4v) is 3.17. The van der Waals surface area contributed by atoms with Crippen molar-refractivity contribution < 1.29 is 14.3 Å². The third kappa shape index (κ3) is 4.23. The van der Waals surface area contributed by atoms with E-state index in [1.54, 1.807) is 24.8 Å². The summed E-state index contributed by atoms with van der Waals surface area (Å²) in [5, 5.41) is 7.36. The molecule has 1 aliphatic heterocycles. The van der Waals surface area contributed by atoms with Crippen LogP contribution >= 0.6 is 0 Å². The molecule has 8 nitrogen and oxygen atoms in total. The summed E-state index contributed by atoms with van der Waals surface area (Å²) in [6.07, 6.45) is 3.21. The highest BCUT2D eigenvalue weighted by Crippen LogP contribution is 2.38. The maximum Gasteiger partial charge on any atom is 0.409 e. The number of carbonyl (C=O) groups excluding carboxylic acids is 2. The Morgan fingerprint density at radius 1 is 1.27 bits per heavy atom. The van der Waals surface area contributed by atoms with Crippen LogP contribution in [0.3, 0.4) is 0 Å². The van der Waals surface area contributed by atoms with Gasteiger partial charge in [-0.15, -0.1) is 0 Å². The molecule has 2 amide bonds. The van der Waals surface area contributed by atoms with Crippen molar-refractivity contribution in [1.29, 1.82) is 0 Å². The molecule has 142 valence electrons. The Kier molecular flexibility index (Phi) is 5.58. The maximum absolute atomic E-state index is 12.6. The third-order valence-corrected chi connectivity index (χ3v) is 4.95. The average Bonchev–Trinajstić information content (AvgIpc) is 3.47. The lowest BCUT2D eigenvalue weighted by molar-refractivity contribution is -0.125. The summed E-state index contributed by atoms with van der Waals surface area (Å²) in [6, 6.07) is 2.57. The van der Waals surface area contributed by atoms with Gasteiger partial charge < -0.3 is 15.0 Å². The molecule has 0 radical (unpaired) electrons. The summed E-state index contributed by atoms with van der Waals surface area (Å²) < 4.78 is 6.27. The predicted octanol–water partition coefficient (Wildman–Crippen LogP) is 1.42. The second-order valence-corrected chi connectivity index (χ2v) is 6.96. The topological polar surface area (TPSA) is 93.5 Å². The number of nitrogens with zero attached hydrogens (tertiary/aromatic N) is 3. The van der Waals surface area contributed by atoms with Crippen molar-refractivity contribution in [3.63, 3.8) is 0 Å². The van der Waals surface area contributed by atoms with Gasteiger partial charge in [0.15, 0.2) is 0 Å². The third-order valence-electron chi connectivity index (χ3n) is 4.95. The molecule has 1 saturated heterocycles. The monoisotopic (exact) mass is 362 g/mol. The van der Waals surface area contributed by atoms with E-state index in [9.17, 15) is 14.4 Å². The second kappa shape index (κ2) is 7.88. The molecule has 8 heteroatoms. The van der Waals surface area contributed by atoms with Crippen molar-refractivity contribution in [2.24, 2.45) is 0 Å². The predicted molar refractivity (Wildman–Crippen MR) is 94.9 cm³/mol. The number of hydrogen-bond donors (Lipinski definition) is 1. The highest BCUT2D eigenvalue weighted by molar-refractivity contribution is 5.80. The van der Waals surface area contributed by atoms with Crippen molar-refractivity contribution >= 4 is 12.0 Å². The van der Waals surface area contributed by atoms with Gasteiger partial charge in [0, 0.05) is 31.1 Å². The zero-order chi connectivity index (χ0) is 18.7. The lowest BCUT2D eigenvalue weighted by Crippen LogP contribution is -2.48. The lowest BCUT2D eigenvalue weighted by atomic mass is 10.0. The molecule has 1 saturated carbocycles. The number of aromatic nitrogens is 2. The number of likely N-dealkylation sites (tertiary alicyclic amines) is 1. The van der Waals surface area contributed by atoms with E-state index < -0.39 is 6.04 Å². The van der Waals surface area contributed by atoms with E-state index in [1.165, 1.54) is 10.7 Å². The van der Waals surface area contributed by atoms with Crippen LogP contribution in [0.25, 0.3) is 0 Å². The Morgan fingerprint density at radius 2 is 1.96 bits per heavy atom. The molecule has 1 aromatic heterocycles. The van der Waals surface area contributed by atoms with Crippen molar-refractivity contribution in [3.8, 4) is 0 Å². The SMILES string of the molecule is CCOC(=O)N1CCC(NC(=O)C(C)n2nc(C3CC3)ccc2=O)CC1. The fraction of sp³-hybridized carbons (Fsp3) is 0.667. The lowest BCUT2D eigenvalue weighted by Gasteiger charge is -2.32. The van der Waals surface area contributed by atoms with Gasteiger partial charge >= 0.3 is 6.09 Å². The number of hydrogen-bond acceptors (Lipinski definition) is 5. The highest BCUT2D eigenvalue weighted by Gasteiger charge is 2.29. The van der Waals surface area contributed by atoms with Gasteiger partial charge in [-0.1, -0.05) is 0 Å². The molecule has 2 fully saturated rings. The van der Waals surface area contributed by atoms with Gasteiger partial charge in [-0.05, 0) is 45.6 Å². The minimum absolute atomic E-state index is 0.0158. The van der Waals surface area contributed by atoms with Crippen LogP contribution in [0.2, 0.25) is 0 Å². The number of amides is 2. The van der Waals surface area contributed by atoms with Crippen LogP contribution in [0.4, 0.5) is 4.79 Å². The average molecular weight is 362 g/mol. The first-order chi connectivity index (χ1) is 12.5. The van der Waals surface area contributed by atoms with Gasteiger partial charge in [-0.25, -0.2) is 9.48 Å². The summed E-state index contributed by atoms with van der Waals surface area (Å²) in [7, 11) is 0. The van der Waals surface area contributed by atoms with Gasteiger partial charge in [0.25, 0.3) is 5.56 Å². The van der Waals surface area contributed by atoms with Crippen LogP contribution in [0.1, 0.15) is 57.2 Å². The minimum atomic E-state index is -0.663. The van der Waals surface area contributed by atoms with E-state index in [2.05, 4.69) is 10.4 Å². The van der Waals surface area contributed by atoms with Crippen molar-refractivity contribution in [2.45, 2.75) is 57.5 Å². The number of piperidine rings is 1. The molecule has 2 aliphatic rings. The van der Waals surface area contributed by atoms with Crippen LogP contribution in [0.5, 0.6) is 0 Å². The Morgan fingerprint density at radius 3 is 2.58 bits per heavy atom. The minimum Gasteiger partial charge on any atom is -0.450 e. The Labute approximate surface area is 152 Å². The summed E-state index contributed by atoms with van der Waals surface area (Å²) in [5.74, 6) is 0.200. The second-order valence-electron chi connectivity index (χ2n) is 6.96. The molecule has 3 rings (SSSR count). The highest BCUT2D eigenvalue weighted by atomic mass is 16.6. The summed E-state index contributed by atoms with van der Waals surface area (Å²) in [5.41, 5.74) is 0.612. The maximum atomic E-state index is 12.6. The van der Waals surface area contributed by atoms with Crippen LogP contribution < -0.4 is 10.9 Å². The van der Waals surface area contributed by atoms with Gasteiger partial charge in [-0.2, -0.15) is 5.10 Å². The van der Waals surface area contributed by atoms with E-state index in [0.29, 0.717) is 38.5 Å². The van der Waals surface area contributed by atoms with E-state index in [4.69, 9.17) is 4.74 Å². The Hall–Kier alpha value is -2.38. The zero-order valence-corrected chi connectivity index (χ0v) is 15.3. The normalized spacial score (nSPS) is 19.1. The molecule has 1 aliphatic carbocycles. The molecule has 1 aromatic rings. The van der Waals surface area contributed by atoms with Crippen molar-refractivity contribution in [1.82, 2.24) is 20.0 Å². The molecule has 1 atom stereocenters. The van der Waals surface area contributed by atoms with E-state index in [1.807, 2.05) is 0 Å². The number of ether oxygens (including phenoxy) is 1. The van der Waals surface area contributed by atoms with E-state index >= 15 is 0 Å². The molecule has 1 unspecified atom stereocenters. The fourth-order valence-electron chi connectivity index (χ4n) is 3.17. The number of rotatable bonds is 5. The van der Waals surface area contributed by atoms with Crippen LogP contribution in [-0.4, -0.2) is 52.4 Å². The number of nitrogens with one attached hydrogen (secondary N) is 1. The van der Waals surface area contributed by atoms with Crippen LogP contribution in [0.15, 0.2) is 16.9 Å². The van der Waals surface area contributed by atoms with Gasteiger partial charge in [0.1, 0.15) is 6.04 Å². The summed E-state index contributed by atoms with van der Waals surface area (Å²) >= 11 is 0. The van der Waals surface area contributed by atoms with E-state index in [0.717, 1.165) is 18.5 Å². The molecule has 0 bridgehead atoms. The zero-order valence-electron chi connectivity index (χ0n) is 15.3. The first kappa shape index (κ1) is 18.4. The summed E-state index contributed by atoms with van der Waals surface area (Å²) in [6.45, 7) is 4.92. The van der Waals surface area contributed by atoms with Gasteiger partial charge in [0.2, 0.25) is 5.91 Å². The standard InChI is InChI=1S/C18H26N4O4/c1-3-26-18(25)21-10-8-14(9-11-21)19-17(24)12(2)22-16(23)7-6-15(20-22)13-4-5-13/h6-7,12-14H,3-5,8-11H2,1-2H3,(H,19,24). The van der Waals surface area contributed by atoms with Crippen LogP contribution in [0, 0.1) is 0 Å². The van der Waals surface area contributed by atoms with Crippen molar-refractivity contribution in [3.05, 3.63) is 28.2 Å². The quantitative estimate of drug-likeness (QED) is 0.855. The van der Waals surface area contributed by atoms with E-state index in [-0.39, 0.29) is 23.6 Å². The molecular formula is C18H26N4O4. The number of carbonyl (C=O) groups is 2. The van der Waals surface area contributed by atoms with Crippen LogP contribution in [-0.2, 0) is 9.53 Å². The first-order valence-corrected chi connectivity index (χ1v) is 9.31. The molecular weight excluding hydrogens is 336 g/mol. The molecule has 2 heterocycles. The van der Waals surface area contributed by atoms with Gasteiger partial charge in [0.05, 0.1) is 12.3 Å². The van der Waals surface area contributed by atoms with Crippen molar-refractivity contribution in [2.75, 3.05) is 19.7 Å². The Bertz CT molecular complexity index is 720. The molecule has 0 aromatic carbocycles. The molecule has 1 N–H and O–H groups in total. The molecule has 26 heavy (non-hydrogen) atoms. The van der Waals surface area contributed by atoms with Gasteiger partial charge in [-0.3, -0.25) is 9.59 Å². The smallest absolute Gasteiger partial charge is 0.409 e. The summed E-state index contributed by atoms with van der Waals surface area (Å²) in [4.78, 5) is 38.0. The first-order valence-electron chi connectivity index (χ1n) is 9.31. The Balaban J connectivity index is 1.56.